The summed E-state index contributed by atoms with van der Waals surface area (Å²) in [6.07, 6.45) is 20.7. The van der Waals surface area contributed by atoms with Crippen LogP contribution in [0.5, 0.6) is 5.75 Å². The average Bonchev–Trinajstić information content (AvgIpc) is 2.63. The Bertz CT molecular complexity index is 450. The summed E-state index contributed by atoms with van der Waals surface area (Å²) in [6, 6.07) is 9.20. The largest absolute Gasteiger partial charge is 0.423 e. The molecule has 0 aliphatic heterocycles. The van der Waals surface area contributed by atoms with Crippen LogP contribution in [-0.2, 0) is 4.79 Å². The third kappa shape index (κ3) is 13.4. The third-order valence-corrected chi connectivity index (χ3v) is 4.44. The minimum Gasteiger partial charge on any atom is -0.423 e. The molecule has 0 saturated carbocycles. The van der Waals surface area contributed by atoms with Crippen molar-refractivity contribution in [3.05, 3.63) is 42.5 Å². The van der Waals surface area contributed by atoms with Crippen LogP contribution < -0.4 is 4.74 Å². The van der Waals surface area contributed by atoms with Crippen molar-refractivity contribution in [2.45, 2.75) is 90.4 Å². The van der Waals surface area contributed by atoms with Gasteiger partial charge in [-0.3, -0.25) is 0 Å². The number of esters is 1. The first-order valence-electron chi connectivity index (χ1n) is 10.3. The van der Waals surface area contributed by atoms with Crippen molar-refractivity contribution in [3.63, 3.8) is 0 Å². The lowest BCUT2D eigenvalue weighted by molar-refractivity contribution is -0.129. The second-order valence-corrected chi connectivity index (χ2v) is 6.81. The summed E-state index contributed by atoms with van der Waals surface area (Å²) in [5, 5.41) is 0. The second kappa shape index (κ2) is 15.9. The Labute approximate surface area is 154 Å². The predicted octanol–water partition coefficient (Wildman–Crippen LogP) is 7.24. The summed E-state index contributed by atoms with van der Waals surface area (Å²) in [4.78, 5) is 11.6. The first-order valence-corrected chi connectivity index (χ1v) is 10.3. The zero-order valence-corrected chi connectivity index (χ0v) is 16.1. The molecular weight excluding hydrogens is 308 g/mol. The molecule has 0 aromatic heterocycles. The second-order valence-electron chi connectivity index (χ2n) is 6.81. The SMILES string of the molecule is CCCCCCCCCCCCCC/C=C/C(=O)Oc1ccccc1. The summed E-state index contributed by atoms with van der Waals surface area (Å²) in [7, 11) is 0. The van der Waals surface area contributed by atoms with Gasteiger partial charge in [0.25, 0.3) is 0 Å². The highest BCUT2D eigenvalue weighted by atomic mass is 16.5. The van der Waals surface area contributed by atoms with Crippen LogP contribution >= 0.6 is 0 Å². The molecule has 0 radical (unpaired) electrons. The molecule has 0 bridgehead atoms. The van der Waals surface area contributed by atoms with Gasteiger partial charge in [-0.15, -0.1) is 0 Å². The van der Waals surface area contributed by atoms with Gasteiger partial charge in [-0.25, -0.2) is 4.79 Å². The van der Waals surface area contributed by atoms with Crippen molar-refractivity contribution in [3.8, 4) is 5.75 Å². The molecule has 2 heteroatoms. The molecule has 0 spiro atoms. The van der Waals surface area contributed by atoms with Gasteiger partial charge in [0.2, 0.25) is 0 Å². The van der Waals surface area contributed by atoms with E-state index in [0.717, 1.165) is 12.8 Å². The van der Waals surface area contributed by atoms with Crippen molar-refractivity contribution >= 4 is 5.97 Å². The molecule has 2 nitrogen and oxygen atoms in total. The van der Waals surface area contributed by atoms with E-state index in [0.29, 0.717) is 5.75 Å². The third-order valence-electron chi connectivity index (χ3n) is 4.44. The highest BCUT2D eigenvalue weighted by molar-refractivity contribution is 5.83. The zero-order valence-electron chi connectivity index (χ0n) is 16.1. The van der Waals surface area contributed by atoms with Crippen LogP contribution in [0.2, 0.25) is 0 Å². The average molecular weight is 345 g/mol. The summed E-state index contributed by atoms with van der Waals surface area (Å²) in [6.45, 7) is 2.27. The number of ether oxygens (including phenoxy) is 1. The van der Waals surface area contributed by atoms with Crippen molar-refractivity contribution in [2.75, 3.05) is 0 Å². The van der Waals surface area contributed by atoms with Gasteiger partial charge in [-0.05, 0) is 25.0 Å². The highest BCUT2D eigenvalue weighted by Gasteiger charge is 1.98. The molecule has 0 saturated heterocycles. The monoisotopic (exact) mass is 344 g/mol. The smallest absolute Gasteiger partial charge is 0.335 e. The Balaban J connectivity index is 1.86. The van der Waals surface area contributed by atoms with Crippen LogP contribution in [0, 0.1) is 0 Å². The molecule has 0 N–H and O–H groups in total. The van der Waals surface area contributed by atoms with E-state index in [1.807, 2.05) is 24.3 Å². The standard InChI is InChI=1S/C23H36O2/c1-2-3-4-5-6-7-8-9-10-11-12-13-14-18-21-23(24)25-22-19-16-15-17-20-22/h15-21H,2-14H2,1H3/b21-18+. The Morgan fingerprint density at radius 2 is 1.32 bits per heavy atom. The molecule has 0 aliphatic carbocycles. The van der Waals surface area contributed by atoms with E-state index in [1.54, 1.807) is 18.2 Å². The number of allylic oxidation sites excluding steroid dienone is 1. The Hall–Kier alpha value is -1.57. The Morgan fingerprint density at radius 1 is 0.800 bits per heavy atom. The molecule has 0 atom stereocenters. The number of carbonyl (C=O) groups is 1. The first kappa shape index (κ1) is 21.5. The topological polar surface area (TPSA) is 26.3 Å². The van der Waals surface area contributed by atoms with Gasteiger partial charge in [0.15, 0.2) is 0 Å². The zero-order chi connectivity index (χ0) is 18.0. The fourth-order valence-corrected chi connectivity index (χ4v) is 2.92. The van der Waals surface area contributed by atoms with Gasteiger partial charge in [0, 0.05) is 6.08 Å². The maximum absolute atomic E-state index is 11.6. The van der Waals surface area contributed by atoms with E-state index >= 15 is 0 Å². The number of carbonyl (C=O) groups excluding carboxylic acids is 1. The Kier molecular flexibility index (Phi) is 13.7. The number of benzene rings is 1. The van der Waals surface area contributed by atoms with E-state index in [1.165, 1.54) is 70.6 Å². The molecule has 140 valence electrons. The molecule has 1 aromatic rings. The van der Waals surface area contributed by atoms with Crippen LogP contribution in [-0.4, -0.2) is 5.97 Å². The van der Waals surface area contributed by atoms with Gasteiger partial charge in [-0.1, -0.05) is 102 Å². The molecule has 25 heavy (non-hydrogen) atoms. The van der Waals surface area contributed by atoms with Crippen molar-refractivity contribution in [1.82, 2.24) is 0 Å². The van der Waals surface area contributed by atoms with Crippen LogP contribution in [0.4, 0.5) is 0 Å². The lowest BCUT2D eigenvalue weighted by atomic mass is 10.0. The maximum atomic E-state index is 11.6. The van der Waals surface area contributed by atoms with Gasteiger partial charge in [-0.2, -0.15) is 0 Å². The van der Waals surface area contributed by atoms with Crippen LogP contribution in [0.25, 0.3) is 0 Å². The van der Waals surface area contributed by atoms with Gasteiger partial charge in [0.05, 0.1) is 0 Å². The molecule has 0 amide bonds. The van der Waals surface area contributed by atoms with E-state index < -0.39 is 0 Å². The van der Waals surface area contributed by atoms with E-state index in [9.17, 15) is 4.79 Å². The summed E-state index contributed by atoms with van der Waals surface area (Å²) in [5.41, 5.74) is 0. The van der Waals surface area contributed by atoms with E-state index in [2.05, 4.69) is 6.92 Å². The van der Waals surface area contributed by atoms with Crippen molar-refractivity contribution in [1.29, 1.82) is 0 Å². The van der Waals surface area contributed by atoms with Crippen molar-refractivity contribution < 1.29 is 9.53 Å². The van der Waals surface area contributed by atoms with Gasteiger partial charge in [0.1, 0.15) is 5.75 Å². The van der Waals surface area contributed by atoms with Gasteiger partial charge >= 0.3 is 5.97 Å². The van der Waals surface area contributed by atoms with E-state index in [4.69, 9.17) is 4.74 Å². The van der Waals surface area contributed by atoms with Crippen LogP contribution in [0.3, 0.4) is 0 Å². The van der Waals surface area contributed by atoms with Crippen LogP contribution in [0.15, 0.2) is 42.5 Å². The molecule has 0 aliphatic rings. The molecular formula is C23H36O2. The lowest BCUT2D eigenvalue weighted by Gasteiger charge is -2.02. The number of hydrogen-bond donors (Lipinski definition) is 0. The molecule has 0 heterocycles. The normalized spacial score (nSPS) is 11.1. The maximum Gasteiger partial charge on any atom is 0.335 e. The highest BCUT2D eigenvalue weighted by Crippen LogP contribution is 2.13. The lowest BCUT2D eigenvalue weighted by Crippen LogP contribution is -2.03. The van der Waals surface area contributed by atoms with Gasteiger partial charge < -0.3 is 4.74 Å². The minimum absolute atomic E-state index is 0.287. The number of hydrogen-bond acceptors (Lipinski definition) is 2. The summed E-state index contributed by atoms with van der Waals surface area (Å²) in [5.74, 6) is 0.313. The molecule has 0 fully saturated rings. The molecule has 1 rings (SSSR count). The predicted molar refractivity (Wildman–Crippen MR) is 107 cm³/mol. The fraction of sp³-hybridized carbons (Fsp3) is 0.609. The molecule has 0 unspecified atom stereocenters. The van der Waals surface area contributed by atoms with Crippen LogP contribution in [0.1, 0.15) is 90.4 Å². The quantitative estimate of drug-likeness (QED) is 0.145. The first-order chi connectivity index (χ1) is 12.3. The number of rotatable bonds is 15. The Morgan fingerprint density at radius 3 is 1.88 bits per heavy atom. The minimum atomic E-state index is -0.287. The number of unbranched alkanes of at least 4 members (excludes halogenated alkanes) is 12. The van der Waals surface area contributed by atoms with Crippen molar-refractivity contribution in [2.24, 2.45) is 0 Å². The fourth-order valence-electron chi connectivity index (χ4n) is 2.92. The summed E-state index contributed by atoms with van der Waals surface area (Å²) < 4.78 is 5.20. The molecule has 1 aromatic carbocycles. The summed E-state index contributed by atoms with van der Waals surface area (Å²) >= 11 is 0. The van der Waals surface area contributed by atoms with E-state index in [-0.39, 0.29) is 5.97 Å². The number of para-hydroxylation sites is 1.